The molecule has 0 radical (unpaired) electrons. The highest BCUT2D eigenvalue weighted by Crippen LogP contribution is 2.07. The summed E-state index contributed by atoms with van der Waals surface area (Å²) in [6.07, 6.45) is 0.732. The van der Waals surface area contributed by atoms with E-state index in [0.717, 1.165) is 23.3 Å². The molecule has 0 atom stereocenters. The highest BCUT2D eigenvalue weighted by molar-refractivity contribution is 5.28. The number of nitrogens with one attached hydrogen (secondary N) is 1. The molecule has 1 aliphatic heterocycles. The molecule has 2 heterocycles. The molecule has 0 aliphatic carbocycles. The molecule has 1 aromatic rings. The molecular weight excluding hydrogens is 170 g/mol. The van der Waals surface area contributed by atoms with Gasteiger partial charge in [0.1, 0.15) is 0 Å². The molecule has 5 N–H and O–H groups in total. The predicted molar refractivity (Wildman–Crippen MR) is 48.5 cm³/mol. The molecule has 0 unspecified atom stereocenters. The number of anilines is 1. The highest BCUT2D eigenvalue weighted by atomic mass is 16.1. The zero-order valence-corrected chi connectivity index (χ0v) is 7.08. The monoisotopic (exact) mass is 181 g/mol. The molecule has 13 heavy (non-hydrogen) atoms. The van der Waals surface area contributed by atoms with Crippen LogP contribution in [-0.2, 0) is 13.0 Å². The van der Waals surface area contributed by atoms with E-state index in [9.17, 15) is 4.79 Å². The van der Waals surface area contributed by atoms with Gasteiger partial charge < -0.3 is 16.9 Å². The Kier molecular flexibility index (Phi) is 1.70. The fourth-order valence-corrected chi connectivity index (χ4v) is 1.44. The smallest absolute Gasteiger partial charge is 0.278 e. The van der Waals surface area contributed by atoms with Gasteiger partial charge in [0.05, 0.1) is 11.3 Å². The Bertz CT molecular complexity index is 397. The summed E-state index contributed by atoms with van der Waals surface area (Å²) >= 11 is 0. The predicted octanol–water partition coefficient (Wildman–Crippen LogP) is -1.81. The summed E-state index contributed by atoms with van der Waals surface area (Å²) in [5.41, 5.74) is 6.59. The van der Waals surface area contributed by atoms with Gasteiger partial charge in [-0.25, -0.2) is 4.98 Å². The topological polar surface area (TPSA) is 99.0 Å². The second-order valence-electron chi connectivity index (χ2n) is 3.00. The Morgan fingerprint density at radius 1 is 1.54 bits per heavy atom. The molecule has 1 aromatic heterocycles. The molecular formula is C7H11N5O. The third-order valence-corrected chi connectivity index (χ3v) is 2.16. The summed E-state index contributed by atoms with van der Waals surface area (Å²) in [6, 6.07) is 0. The van der Waals surface area contributed by atoms with Crippen LogP contribution in [0, 0.1) is 0 Å². The molecule has 0 fully saturated rings. The van der Waals surface area contributed by atoms with E-state index in [0.29, 0.717) is 12.1 Å². The van der Waals surface area contributed by atoms with Crippen LogP contribution in [0.15, 0.2) is 4.79 Å². The molecule has 0 bridgehead atoms. The fraction of sp³-hybridized carbons (Fsp3) is 0.429. The normalized spacial score (nSPS) is 15.4. The summed E-state index contributed by atoms with van der Waals surface area (Å²) in [5, 5.41) is 3.08. The van der Waals surface area contributed by atoms with Crippen LogP contribution in [0.3, 0.4) is 0 Å². The third-order valence-electron chi connectivity index (χ3n) is 2.16. The largest absolute Gasteiger partial charge is 0.368 e. The Morgan fingerprint density at radius 2 is 2.31 bits per heavy atom. The Balaban J connectivity index is 2.68. The molecule has 6 heteroatoms. The Hall–Kier alpha value is -1.56. The number of aromatic nitrogens is 2. The molecule has 0 spiro atoms. The lowest BCUT2D eigenvalue weighted by molar-refractivity contribution is 0.613. The van der Waals surface area contributed by atoms with Gasteiger partial charge in [-0.3, -0.25) is 4.79 Å². The summed E-state index contributed by atoms with van der Waals surface area (Å²) in [5.74, 6) is 5.47. The molecule has 1 aliphatic rings. The maximum absolute atomic E-state index is 11.5. The van der Waals surface area contributed by atoms with Crippen molar-refractivity contribution in [3.8, 4) is 0 Å². The summed E-state index contributed by atoms with van der Waals surface area (Å²) in [6.45, 7) is 1.35. The summed E-state index contributed by atoms with van der Waals surface area (Å²) in [4.78, 5) is 15.6. The van der Waals surface area contributed by atoms with Crippen molar-refractivity contribution >= 4 is 5.95 Å². The number of hydrogen-bond acceptors (Lipinski definition) is 5. The zero-order chi connectivity index (χ0) is 9.42. The number of hydrogen-bond donors (Lipinski definition) is 3. The van der Waals surface area contributed by atoms with Crippen LogP contribution in [0.25, 0.3) is 0 Å². The van der Waals surface area contributed by atoms with E-state index in [-0.39, 0.29) is 11.5 Å². The van der Waals surface area contributed by atoms with Crippen molar-refractivity contribution in [2.45, 2.75) is 13.0 Å². The average Bonchev–Trinajstić information content (AvgIpc) is 2.15. The van der Waals surface area contributed by atoms with Gasteiger partial charge in [-0.15, -0.1) is 0 Å². The van der Waals surface area contributed by atoms with Crippen molar-refractivity contribution < 1.29 is 0 Å². The molecule has 0 saturated heterocycles. The molecule has 0 amide bonds. The van der Waals surface area contributed by atoms with Crippen molar-refractivity contribution in [3.63, 3.8) is 0 Å². The van der Waals surface area contributed by atoms with E-state index in [1.54, 1.807) is 0 Å². The first kappa shape index (κ1) is 8.06. The van der Waals surface area contributed by atoms with Gasteiger partial charge in [0, 0.05) is 19.5 Å². The average molecular weight is 181 g/mol. The van der Waals surface area contributed by atoms with Crippen LogP contribution in [0.5, 0.6) is 0 Å². The Labute approximate surface area is 74.5 Å². The number of nitrogens with two attached hydrogens (primary N) is 2. The maximum Gasteiger partial charge on any atom is 0.278 e. The van der Waals surface area contributed by atoms with E-state index in [1.807, 2.05) is 0 Å². The van der Waals surface area contributed by atoms with Crippen LogP contribution < -0.4 is 22.5 Å². The van der Waals surface area contributed by atoms with E-state index >= 15 is 0 Å². The number of nitrogen functional groups attached to an aromatic ring is 2. The number of fused-ring (bicyclic) bond motifs is 1. The Morgan fingerprint density at radius 3 is 3.08 bits per heavy atom. The van der Waals surface area contributed by atoms with Crippen LogP contribution in [0.4, 0.5) is 5.95 Å². The first-order valence-electron chi connectivity index (χ1n) is 4.06. The van der Waals surface area contributed by atoms with Crippen molar-refractivity contribution in [2.75, 3.05) is 18.1 Å². The van der Waals surface area contributed by atoms with Crippen molar-refractivity contribution in [3.05, 3.63) is 21.6 Å². The van der Waals surface area contributed by atoms with Gasteiger partial charge in [-0.05, 0) is 0 Å². The SMILES string of the molecule is Nc1nc2c(c(=O)n1N)CNCC2. The van der Waals surface area contributed by atoms with Crippen molar-refractivity contribution in [1.82, 2.24) is 15.0 Å². The van der Waals surface area contributed by atoms with Gasteiger partial charge >= 0.3 is 0 Å². The van der Waals surface area contributed by atoms with Crippen molar-refractivity contribution in [2.24, 2.45) is 0 Å². The summed E-state index contributed by atoms with van der Waals surface area (Å²) in [7, 11) is 0. The van der Waals surface area contributed by atoms with Gasteiger partial charge in [-0.1, -0.05) is 0 Å². The number of nitrogens with zero attached hydrogens (tertiary/aromatic N) is 2. The fourth-order valence-electron chi connectivity index (χ4n) is 1.44. The summed E-state index contributed by atoms with van der Waals surface area (Å²) < 4.78 is 0.881. The minimum absolute atomic E-state index is 0.0747. The molecule has 70 valence electrons. The second-order valence-corrected chi connectivity index (χ2v) is 3.00. The van der Waals surface area contributed by atoms with Crippen LogP contribution in [-0.4, -0.2) is 16.2 Å². The van der Waals surface area contributed by atoms with Gasteiger partial charge in [0.25, 0.3) is 5.56 Å². The zero-order valence-electron chi connectivity index (χ0n) is 7.08. The van der Waals surface area contributed by atoms with E-state index in [1.165, 1.54) is 0 Å². The van der Waals surface area contributed by atoms with E-state index in [2.05, 4.69) is 10.3 Å². The lowest BCUT2D eigenvalue weighted by Gasteiger charge is -2.16. The lowest BCUT2D eigenvalue weighted by Crippen LogP contribution is -2.39. The van der Waals surface area contributed by atoms with Crippen molar-refractivity contribution in [1.29, 1.82) is 0 Å². The first-order chi connectivity index (χ1) is 6.20. The minimum Gasteiger partial charge on any atom is -0.368 e. The maximum atomic E-state index is 11.5. The number of rotatable bonds is 0. The molecule has 0 saturated carbocycles. The molecule has 2 rings (SSSR count). The van der Waals surface area contributed by atoms with E-state index in [4.69, 9.17) is 11.6 Å². The van der Waals surface area contributed by atoms with Gasteiger partial charge in [0.15, 0.2) is 0 Å². The minimum atomic E-state index is -0.255. The third kappa shape index (κ3) is 1.15. The van der Waals surface area contributed by atoms with Gasteiger partial charge in [-0.2, -0.15) is 4.68 Å². The first-order valence-corrected chi connectivity index (χ1v) is 4.06. The quantitative estimate of drug-likeness (QED) is 0.409. The lowest BCUT2D eigenvalue weighted by atomic mass is 10.1. The van der Waals surface area contributed by atoms with E-state index < -0.39 is 0 Å². The van der Waals surface area contributed by atoms with Crippen LogP contribution in [0.1, 0.15) is 11.3 Å². The second kappa shape index (κ2) is 2.74. The molecule has 0 aromatic carbocycles. The van der Waals surface area contributed by atoms with Crippen LogP contribution >= 0.6 is 0 Å². The van der Waals surface area contributed by atoms with Crippen LogP contribution in [0.2, 0.25) is 0 Å². The highest BCUT2D eigenvalue weighted by Gasteiger charge is 2.16. The standard InChI is InChI=1S/C7H11N5O/c8-7-11-5-1-2-10-3-4(5)6(13)12(7)9/h10H,1-3,9H2,(H2,8,11). The molecule has 6 nitrogen and oxygen atoms in total. The van der Waals surface area contributed by atoms with Gasteiger partial charge in [0.2, 0.25) is 5.95 Å².